The predicted molar refractivity (Wildman–Crippen MR) is 70.1 cm³/mol. The van der Waals surface area contributed by atoms with Crippen molar-refractivity contribution in [2.45, 2.75) is 13.3 Å². The van der Waals surface area contributed by atoms with E-state index in [9.17, 15) is 9.59 Å². The average molecular weight is 247 g/mol. The molecule has 0 saturated heterocycles. The summed E-state index contributed by atoms with van der Waals surface area (Å²) < 4.78 is 4.71. The highest BCUT2D eigenvalue weighted by atomic mass is 16.5. The van der Waals surface area contributed by atoms with E-state index in [2.05, 4.69) is 5.32 Å². The second kappa shape index (κ2) is 7.27. The van der Waals surface area contributed by atoms with Gasteiger partial charge in [0.15, 0.2) is 0 Å². The monoisotopic (exact) mass is 247 g/mol. The van der Waals surface area contributed by atoms with Crippen molar-refractivity contribution in [3.63, 3.8) is 0 Å². The molecule has 0 aliphatic rings. The summed E-state index contributed by atoms with van der Waals surface area (Å²) in [5.74, 6) is -0.393. The molecule has 18 heavy (non-hydrogen) atoms. The summed E-state index contributed by atoms with van der Waals surface area (Å²) in [6.45, 7) is 2.07. The fourth-order valence-corrected chi connectivity index (χ4v) is 1.48. The van der Waals surface area contributed by atoms with Crippen molar-refractivity contribution in [2.75, 3.05) is 13.7 Å². The number of hydrogen-bond acceptors (Lipinski definition) is 3. The van der Waals surface area contributed by atoms with Crippen LogP contribution in [0.4, 0.5) is 0 Å². The lowest BCUT2D eigenvalue weighted by atomic mass is 10.1. The van der Waals surface area contributed by atoms with Gasteiger partial charge in [0.2, 0.25) is 5.91 Å². The summed E-state index contributed by atoms with van der Waals surface area (Å²) in [5.41, 5.74) is 1.35. The summed E-state index contributed by atoms with van der Waals surface area (Å²) in [6, 6.07) is 7.22. The molecule has 0 fully saturated rings. The molecule has 1 rings (SSSR count). The van der Waals surface area contributed by atoms with Crippen LogP contribution in [-0.2, 0) is 9.53 Å². The topological polar surface area (TPSA) is 55.4 Å². The van der Waals surface area contributed by atoms with Gasteiger partial charge in [-0.05, 0) is 18.1 Å². The second-order valence-electron chi connectivity index (χ2n) is 3.75. The number of benzene rings is 1. The third-order valence-electron chi connectivity index (χ3n) is 2.35. The van der Waals surface area contributed by atoms with E-state index in [1.807, 2.05) is 24.3 Å². The lowest BCUT2D eigenvalue weighted by Gasteiger charge is -2.03. The van der Waals surface area contributed by atoms with Gasteiger partial charge >= 0.3 is 5.97 Å². The first-order chi connectivity index (χ1) is 8.65. The molecule has 0 spiro atoms. The molecule has 0 unspecified atom stereocenters. The molecule has 1 aromatic rings. The molecule has 0 bridgehead atoms. The van der Waals surface area contributed by atoms with E-state index < -0.39 is 0 Å². The van der Waals surface area contributed by atoms with E-state index in [0.717, 1.165) is 12.0 Å². The maximum absolute atomic E-state index is 11.5. The molecule has 4 heteroatoms. The molecule has 0 heterocycles. The maximum atomic E-state index is 11.5. The van der Waals surface area contributed by atoms with E-state index in [-0.39, 0.29) is 11.9 Å². The van der Waals surface area contributed by atoms with Crippen LogP contribution in [0.3, 0.4) is 0 Å². The highest BCUT2D eigenvalue weighted by Gasteiger charge is 2.07. The fraction of sp³-hybridized carbons (Fsp3) is 0.286. The van der Waals surface area contributed by atoms with Crippen molar-refractivity contribution in [1.82, 2.24) is 5.32 Å². The molecule has 0 aliphatic heterocycles. The summed E-state index contributed by atoms with van der Waals surface area (Å²) in [6.07, 6.45) is 4.49. The third kappa shape index (κ3) is 4.41. The summed E-state index contributed by atoms with van der Waals surface area (Å²) in [5, 5.41) is 2.70. The number of esters is 1. The van der Waals surface area contributed by atoms with E-state index in [0.29, 0.717) is 12.1 Å². The smallest absolute Gasteiger partial charge is 0.338 e. The van der Waals surface area contributed by atoms with Gasteiger partial charge in [-0.3, -0.25) is 4.79 Å². The zero-order valence-electron chi connectivity index (χ0n) is 10.6. The fourth-order valence-electron chi connectivity index (χ4n) is 1.48. The molecular weight excluding hydrogens is 230 g/mol. The number of nitrogens with one attached hydrogen (secondary N) is 1. The van der Waals surface area contributed by atoms with Crippen molar-refractivity contribution in [1.29, 1.82) is 0 Å². The molecule has 0 atom stereocenters. The highest BCUT2D eigenvalue weighted by Crippen LogP contribution is 2.12. The second-order valence-corrected chi connectivity index (χ2v) is 3.75. The number of rotatable bonds is 5. The quantitative estimate of drug-likeness (QED) is 0.639. The standard InChI is InChI=1S/C14H17NO3/c1-11(16)15-10-6-5-8-12-7-3-4-9-13(12)14(17)18-2/h3-5,7-9H,6,10H2,1-2H3,(H,15,16). The van der Waals surface area contributed by atoms with E-state index >= 15 is 0 Å². The van der Waals surface area contributed by atoms with Gasteiger partial charge in [0, 0.05) is 13.5 Å². The number of ether oxygens (including phenoxy) is 1. The molecule has 0 aromatic heterocycles. The minimum Gasteiger partial charge on any atom is -0.465 e. The van der Waals surface area contributed by atoms with Crippen LogP contribution in [0.1, 0.15) is 29.3 Å². The lowest BCUT2D eigenvalue weighted by molar-refractivity contribution is -0.118. The number of amides is 1. The lowest BCUT2D eigenvalue weighted by Crippen LogP contribution is -2.20. The number of carbonyl (C=O) groups is 2. The first kappa shape index (κ1) is 14.0. The van der Waals surface area contributed by atoms with Crippen LogP contribution in [0.15, 0.2) is 30.3 Å². The Hall–Kier alpha value is -2.10. The van der Waals surface area contributed by atoms with Crippen LogP contribution in [0.25, 0.3) is 6.08 Å². The predicted octanol–water partition coefficient (Wildman–Crippen LogP) is 2.01. The minimum absolute atomic E-state index is 0.0432. The van der Waals surface area contributed by atoms with Crippen molar-refractivity contribution >= 4 is 18.0 Å². The average Bonchev–Trinajstić information content (AvgIpc) is 2.37. The van der Waals surface area contributed by atoms with E-state index in [4.69, 9.17) is 4.74 Å². The van der Waals surface area contributed by atoms with Gasteiger partial charge in [0.25, 0.3) is 0 Å². The number of hydrogen-bond donors (Lipinski definition) is 1. The highest BCUT2D eigenvalue weighted by molar-refractivity contribution is 5.93. The first-order valence-corrected chi connectivity index (χ1v) is 5.73. The Bertz CT molecular complexity index is 452. The molecule has 1 amide bonds. The molecule has 0 aliphatic carbocycles. The first-order valence-electron chi connectivity index (χ1n) is 5.73. The summed E-state index contributed by atoms with van der Waals surface area (Å²) in [7, 11) is 1.36. The van der Waals surface area contributed by atoms with E-state index in [1.165, 1.54) is 14.0 Å². The molecule has 1 N–H and O–H groups in total. The molecule has 96 valence electrons. The third-order valence-corrected chi connectivity index (χ3v) is 2.35. The minimum atomic E-state index is -0.350. The largest absolute Gasteiger partial charge is 0.465 e. The maximum Gasteiger partial charge on any atom is 0.338 e. The Labute approximate surface area is 107 Å². The Morgan fingerprint density at radius 3 is 2.72 bits per heavy atom. The van der Waals surface area contributed by atoms with E-state index in [1.54, 1.807) is 12.1 Å². The zero-order valence-corrected chi connectivity index (χ0v) is 10.6. The van der Waals surface area contributed by atoms with Crippen LogP contribution in [-0.4, -0.2) is 25.5 Å². The SMILES string of the molecule is COC(=O)c1ccccc1C=CCCNC(C)=O. The van der Waals surface area contributed by atoms with Crippen LogP contribution in [0.5, 0.6) is 0 Å². The van der Waals surface area contributed by atoms with Gasteiger partial charge in [0.05, 0.1) is 12.7 Å². The van der Waals surface area contributed by atoms with Crippen LogP contribution >= 0.6 is 0 Å². The van der Waals surface area contributed by atoms with Crippen LogP contribution in [0.2, 0.25) is 0 Å². The Morgan fingerprint density at radius 1 is 1.33 bits per heavy atom. The molecule has 0 radical (unpaired) electrons. The Balaban J connectivity index is 2.63. The van der Waals surface area contributed by atoms with Gasteiger partial charge in [-0.15, -0.1) is 0 Å². The summed E-state index contributed by atoms with van der Waals surface area (Å²) >= 11 is 0. The molecule has 4 nitrogen and oxygen atoms in total. The van der Waals surface area contributed by atoms with Gasteiger partial charge in [0.1, 0.15) is 0 Å². The summed E-state index contributed by atoms with van der Waals surface area (Å²) in [4.78, 5) is 22.2. The van der Waals surface area contributed by atoms with Crippen LogP contribution in [0, 0.1) is 0 Å². The van der Waals surface area contributed by atoms with Crippen molar-refractivity contribution in [3.8, 4) is 0 Å². The molecule has 1 aromatic carbocycles. The normalized spacial score (nSPS) is 10.3. The number of carbonyl (C=O) groups excluding carboxylic acids is 2. The van der Waals surface area contributed by atoms with Gasteiger partial charge in [-0.2, -0.15) is 0 Å². The Kier molecular flexibility index (Phi) is 5.64. The van der Waals surface area contributed by atoms with Gasteiger partial charge in [-0.25, -0.2) is 4.79 Å². The zero-order chi connectivity index (χ0) is 13.4. The van der Waals surface area contributed by atoms with Crippen molar-refractivity contribution in [3.05, 3.63) is 41.5 Å². The van der Waals surface area contributed by atoms with Gasteiger partial charge in [-0.1, -0.05) is 30.4 Å². The molecule has 0 saturated carbocycles. The van der Waals surface area contributed by atoms with Gasteiger partial charge < -0.3 is 10.1 Å². The Morgan fingerprint density at radius 2 is 2.06 bits per heavy atom. The molecular formula is C14H17NO3. The number of methoxy groups -OCH3 is 1. The van der Waals surface area contributed by atoms with Crippen molar-refractivity contribution < 1.29 is 14.3 Å². The van der Waals surface area contributed by atoms with Crippen LogP contribution < -0.4 is 5.32 Å². The van der Waals surface area contributed by atoms with Crippen molar-refractivity contribution in [2.24, 2.45) is 0 Å².